The fraction of sp³-hybridized carbons (Fsp3) is 0.125. The van der Waals surface area contributed by atoms with Crippen LogP contribution in [0, 0.1) is 0 Å². The van der Waals surface area contributed by atoms with Gasteiger partial charge in [-0.25, -0.2) is 4.98 Å². The highest BCUT2D eigenvalue weighted by atomic mass is 32.1. The molecule has 0 aliphatic rings. The molecule has 0 aliphatic heterocycles. The summed E-state index contributed by atoms with van der Waals surface area (Å²) in [4.78, 5) is 21.3. The number of hydrogen-bond acceptors (Lipinski definition) is 4. The number of thiazole rings is 1. The lowest BCUT2D eigenvalue weighted by atomic mass is 10.3. The van der Waals surface area contributed by atoms with Crippen molar-refractivity contribution in [1.29, 1.82) is 0 Å². The summed E-state index contributed by atoms with van der Waals surface area (Å²) in [7, 11) is -4.13. The van der Waals surface area contributed by atoms with Crippen LogP contribution in [-0.2, 0) is 4.57 Å². The number of fused-ring (bicyclic) bond motifs is 1. The molecular formula is C8H8NO4PS. The Morgan fingerprint density at radius 1 is 1.40 bits per heavy atom. The first kappa shape index (κ1) is 10.6. The van der Waals surface area contributed by atoms with E-state index in [4.69, 9.17) is 14.5 Å². The molecule has 15 heavy (non-hydrogen) atoms. The molecule has 0 saturated carbocycles. The van der Waals surface area contributed by atoms with Crippen molar-refractivity contribution in [3.05, 3.63) is 24.3 Å². The minimum absolute atomic E-state index is 0.277. The molecule has 5 nitrogen and oxygen atoms in total. The van der Waals surface area contributed by atoms with E-state index in [1.165, 1.54) is 11.3 Å². The van der Waals surface area contributed by atoms with Gasteiger partial charge >= 0.3 is 7.60 Å². The van der Waals surface area contributed by atoms with Crippen molar-refractivity contribution in [2.45, 2.75) is 0 Å². The van der Waals surface area contributed by atoms with Gasteiger partial charge in [0.15, 0.2) is 6.35 Å². The Balaban J connectivity index is 2.19. The summed E-state index contributed by atoms with van der Waals surface area (Å²) in [5.41, 5.74) is 0.767. The van der Waals surface area contributed by atoms with E-state index in [2.05, 4.69) is 4.98 Å². The summed E-state index contributed by atoms with van der Waals surface area (Å²) in [5.74, 6) is 0. The number of aromatic nitrogens is 1. The number of nitrogens with zero attached hydrogens (tertiary/aromatic N) is 1. The minimum Gasteiger partial charge on any atom is -0.457 e. The summed E-state index contributed by atoms with van der Waals surface area (Å²) in [6.45, 7) is 0. The summed E-state index contributed by atoms with van der Waals surface area (Å²) in [5, 5.41) is 0.277. The number of ether oxygens (including phenoxy) is 1. The molecule has 0 fully saturated rings. The standard InChI is InChI=1S/C8H8NO4PS/c10-14(11,12)5-13-8-9-6-3-1-2-4-7(6)15-8/h1-4H,5H2,(H2,10,11,12). The molecule has 2 aromatic rings. The predicted molar refractivity (Wildman–Crippen MR) is 57.2 cm³/mol. The Morgan fingerprint density at radius 3 is 2.80 bits per heavy atom. The normalized spacial score (nSPS) is 11.9. The number of para-hydroxylation sites is 1. The molecule has 0 saturated heterocycles. The second-order valence-corrected chi connectivity index (χ2v) is 5.47. The maximum atomic E-state index is 10.6. The quantitative estimate of drug-likeness (QED) is 0.806. The maximum Gasteiger partial charge on any atom is 0.362 e. The van der Waals surface area contributed by atoms with Crippen LogP contribution in [-0.4, -0.2) is 21.1 Å². The molecule has 0 atom stereocenters. The average molecular weight is 245 g/mol. The van der Waals surface area contributed by atoms with Gasteiger partial charge in [-0.05, 0) is 12.1 Å². The van der Waals surface area contributed by atoms with Gasteiger partial charge < -0.3 is 14.5 Å². The van der Waals surface area contributed by atoms with E-state index in [9.17, 15) is 4.57 Å². The first-order chi connectivity index (χ1) is 7.04. The SMILES string of the molecule is O=P(O)(O)COc1nc2ccccc2s1. The largest absolute Gasteiger partial charge is 0.457 e. The van der Waals surface area contributed by atoms with E-state index >= 15 is 0 Å². The van der Waals surface area contributed by atoms with Gasteiger partial charge in [-0.15, -0.1) is 0 Å². The van der Waals surface area contributed by atoms with Crippen LogP contribution in [0.25, 0.3) is 10.2 Å². The van der Waals surface area contributed by atoms with Crippen LogP contribution in [0.1, 0.15) is 0 Å². The number of hydrogen-bond donors (Lipinski definition) is 2. The van der Waals surface area contributed by atoms with E-state index < -0.39 is 13.9 Å². The lowest BCUT2D eigenvalue weighted by Gasteiger charge is -2.02. The molecule has 0 unspecified atom stereocenters. The van der Waals surface area contributed by atoms with Crippen LogP contribution in [0.15, 0.2) is 24.3 Å². The first-order valence-corrected chi connectivity index (χ1v) is 6.69. The molecule has 0 amide bonds. The molecular weight excluding hydrogens is 237 g/mol. The zero-order valence-corrected chi connectivity index (χ0v) is 9.24. The van der Waals surface area contributed by atoms with Gasteiger partial charge in [0.25, 0.3) is 5.19 Å². The molecule has 0 spiro atoms. The maximum absolute atomic E-state index is 10.6. The van der Waals surface area contributed by atoms with Crippen molar-refractivity contribution >= 4 is 29.1 Å². The molecule has 0 radical (unpaired) electrons. The van der Waals surface area contributed by atoms with E-state index in [0.29, 0.717) is 0 Å². The molecule has 1 heterocycles. The van der Waals surface area contributed by atoms with Crippen LogP contribution in [0.3, 0.4) is 0 Å². The summed E-state index contributed by atoms with van der Waals surface area (Å²) in [6.07, 6.45) is -0.632. The Labute approximate surface area is 89.5 Å². The van der Waals surface area contributed by atoms with Crippen LogP contribution in [0.2, 0.25) is 0 Å². The van der Waals surface area contributed by atoms with Gasteiger partial charge in [-0.1, -0.05) is 23.5 Å². The Hall–Kier alpha value is -0.940. The van der Waals surface area contributed by atoms with E-state index in [0.717, 1.165) is 10.2 Å². The van der Waals surface area contributed by atoms with Crippen molar-refractivity contribution in [2.24, 2.45) is 0 Å². The third-order valence-corrected chi connectivity index (χ3v) is 3.04. The van der Waals surface area contributed by atoms with Gasteiger partial charge in [0.2, 0.25) is 0 Å². The van der Waals surface area contributed by atoms with Crippen LogP contribution < -0.4 is 4.74 Å². The van der Waals surface area contributed by atoms with Gasteiger partial charge in [0, 0.05) is 0 Å². The van der Waals surface area contributed by atoms with Gasteiger partial charge in [0.05, 0.1) is 10.2 Å². The van der Waals surface area contributed by atoms with E-state index in [1.54, 1.807) is 0 Å². The third kappa shape index (κ3) is 2.76. The lowest BCUT2D eigenvalue weighted by Crippen LogP contribution is -1.97. The number of rotatable bonds is 3. The third-order valence-electron chi connectivity index (χ3n) is 1.63. The van der Waals surface area contributed by atoms with E-state index in [-0.39, 0.29) is 5.19 Å². The summed E-state index contributed by atoms with van der Waals surface area (Å²) >= 11 is 1.26. The molecule has 7 heteroatoms. The van der Waals surface area contributed by atoms with Crippen molar-refractivity contribution in [3.63, 3.8) is 0 Å². The second-order valence-electron chi connectivity index (χ2n) is 2.89. The fourth-order valence-electron chi connectivity index (χ4n) is 1.05. The predicted octanol–water partition coefficient (Wildman–Crippen LogP) is 1.81. The topological polar surface area (TPSA) is 79.7 Å². The minimum atomic E-state index is -4.13. The molecule has 1 aromatic carbocycles. The monoisotopic (exact) mass is 245 g/mol. The highest BCUT2D eigenvalue weighted by molar-refractivity contribution is 7.51. The van der Waals surface area contributed by atoms with Gasteiger partial charge in [0.1, 0.15) is 0 Å². The Morgan fingerprint density at radius 2 is 2.13 bits per heavy atom. The Kier molecular flexibility index (Phi) is 2.75. The van der Waals surface area contributed by atoms with Crippen molar-refractivity contribution in [1.82, 2.24) is 4.98 Å². The Bertz CT molecular complexity index is 487. The molecule has 80 valence electrons. The van der Waals surface area contributed by atoms with Crippen molar-refractivity contribution in [2.75, 3.05) is 6.35 Å². The fourth-order valence-corrected chi connectivity index (χ4v) is 2.24. The lowest BCUT2D eigenvalue weighted by molar-refractivity contribution is 0.300. The highest BCUT2D eigenvalue weighted by Gasteiger charge is 2.15. The zero-order valence-electron chi connectivity index (χ0n) is 7.53. The van der Waals surface area contributed by atoms with Crippen LogP contribution in [0.5, 0.6) is 5.19 Å². The average Bonchev–Trinajstić information content (AvgIpc) is 2.56. The molecule has 1 aromatic heterocycles. The van der Waals surface area contributed by atoms with Crippen LogP contribution >= 0.6 is 18.9 Å². The van der Waals surface area contributed by atoms with E-state index in [1.807, 2.05) is 24.3 Å². The van der Waals surface area contributed by atoms with Crippen molar-refractivity contribution in [3.8, 4) is 5.19 Å². The first-order valence-electron chi connectivity index (χ1n) is 4.07. The van der Waals surface area contributed by atoms with Gasteiger partial charge in [-0.2, -0.15) is 0 Å². The van der Waals surface area contributed by atoms with Gasteiger partial charge in [-0.3, -0.25) is 4.57 Å². The molecule has 0 bridgehead atoms. The molecule has 2 N–H and O–H groups in total. The second kappa shape index (κ2) is 3.90. The zero-order chi connectivity index (χ0) is 10.9. The summed E-state index contributed by atoms with van der Waals surface area (Å²) in [6, 6.07) is 7.40. The molecule has 2 rings (SSSR count). The molecule has 0 aliphatic carbocycles. The number of benzene rings is 1. The summed E-state index contributed by atoms with van der Waals surface area (Å²) < 4.78 is 16.4. The highest BCUT2D eigenvalue weighted by Crippen LogP contribution is 2.36. The van der Waals surface area contributed by atoms with Crippen LogP contribution in [0.4, 0.5) is 0 Å². The van der Waals surface area contributed by atoms with Crippen molar-refractivity contribution < 1.29 is 19.1 Å². The smallest absolute Gasteiger partial charge is 0.362 e.